The van der Waals surface area contributed by atoms with Crippen molar-refractivity contribution in [3.8, 4) is 0 Å². The van der Waals surface area contributed by atoms with Crippen LogP contribution in [-0.2, 0) is 9.53 Å². The molecule has 1 aromatic rings. The predicted molar refractivity (Wildman–Crippen MR) is 91.0 cm³/mol. The summed E-state index contributed by atoms with van der Waals surface area (Å²) >= 11 is 12.2. The van der Waals surface area contributed by atoms with Crippen LogP contribution in [0.3, 0.4) is 0 Å². The fraction of sp³-hybridized carbons (Fsp3) is 0.375. The number of carbonyl (C=O) groups is 2. The molecule has 3 rings (SSSR count). The third kappa shape index (κ3) is 2.85. The van der Waals surface area contributed by atoms with Crippen LogP contribution in [0.4, 0.5) is 4.79 Å². The van der Waals surface area contributed by atoms with Gasteiger partial charge in [-0.3, -0.25) is 9.69 Å². The van der Waals surface area contributed by atoms with Crippen LogP contribution >= 0.6 is 23.2 Å². The van der Waals surface area contributed by atoms with Gasteiger partial charge in [0, 0.05) is 30.7 Å². The van der Waals surface area contributed by atoms with Crippen molar-refractivity contribution in [2.45, 2.75) is 6.04 Å². The van der Waals surface area contributed by atoms with Gasteiger partial charge in [-0.25, -0.2) is 4.79 Å². The van der Waals surface area contributed by atoms with Crippen molar-refractivity contribution in [2.75, 3.05) is 33.9 Å². The fourth-order valence-corrected chi connectivity index (χ4v) is 3.49. The number of hydrogen-bond donors (Lipinski definition) is 1. The van der Waals surface area contributed by atoms with Crippen molar-refractivity contribution >= 4 is 35.1 Å². The van der Waals surface area contributed by atoms with Crippen LogP contribution in [-0.4, -0.2) is 55.6 Å². The van der Waals surface area contributed by atoms with Gasteiger partial charge in [-0.05, 0) is 17.7 Å². The molecule has 0 aliphatic carbocycles. The molecular weight excluding hydrogens is 353 g/mol. The highest BCUT2D eigenvalue weighted by molar-refractivity contribution is 6.35. The number of halogens is 2. The summed E-state index contributed by atoms with van der Waals surface area (Å²) in [5.41, 5.74) is 1.88. The Labute approximate surface area is 149 Å². The minimum atomic E-state index is -0.589. The molecular formula is C16H17Cl2N3O3. The molecule has 1 aromatic carbocycles. The average molecular weight is 370 g/mol. The van der Waals surface area contributed by atoms with Gasteiger partial charge in [0.05, 0.1) is 30.5 Å². The van der Waals surface area contributed by atoms with Gasteiger partial charge < -0.3 is 15.0 Å². The Bertz CT molecular complexity index is 735. The highest BCUT2D eigenvalue weighted by Crippen LogP contribution is 2.38. The predicted octanol–water partition coefficient (Wildman–Crippen LogP) is 2.43. The Balaban J connectivity index is 2.01. The maximum absolute atomic E-state index is 12.8. The van der Waals surface area contributed by atoms with Gasteiger partial charge in [0.25, 0.3) is 5.91 Å². The van der Waals surface area contributed by atoms with Gasteiger partial charge in [0.1, 0.15) is 0 Å². The number of carbonyl (C=O) groups excluding carboxylic acids is 2. The number of likely N-dealkylation sites (N-methyl/N-ethyl adjacent to an activating group) is 1. The molecule has 1 N–H and O–H groups in total. The average Bonchev–Trinajstić information content (AvgIpc) is 2.87. The van der Waals surface area contributed by atoms with Gasteiger partial charge in [0.15, 0.2) is 0 Å². The summed E-state index contributed by atoms with van der Waals surface area (Å²) in [5.74, 6) is -0.120. The minimum absolute atomic E-state index is 0.120. The topological polar surface area (TPSA) is 61.9 Å². The number of hydrogen-bond acceptors (Lipinski definition) is 3. The van der Waals surface area contributed by atoms with Crippen LogP contribution in [0.5, 0.6) is 0 Å². The van der Waals surface area contributed by atoms with Gasteiger partial charge in [-0.15, -0.1) is 0 Å². The molecule has 0 saturated carbocycles. The molecule has 2 heterocycles. The molecule has 0 saturated heterocycles. The maximum atomic E-state index is 12.8. The molecule has 0 fully saturated rings. The van der Waals surface area contributed by atoms with Gasteiger partial charge in [0.2, 0.25) is 0 Å². The Kier molecular flexibility index (Phi) is 4.71. The maximum Gasteiger partial charge on any atom is 0.322 e. The van der Waals surface area contributed by atoms with E-state index < -0.39 is 6.04 Å². The smallest absolute Gasteiger partial charge is 0.322 e. The number of urea groups is 1. The number of benzene rings is 1. The molecule has 0 spiro atoms. The molecule has 3 amide bonds. The van der Waals surface area contributed by atoms with E-state index in [1.54, 1.807) is 37.3 Å². The summed E-state index contributed by atoms with van der Waals surface area (Å²) in [5, 5.41) is 3.75. The van der Waals surface area contributed by atoms with Crippen molar-refractivity contribution in [1.82, 2.24) is 15.1 Å². The lowest BCUT2D eigenvalue weighted by Gasteiger charge is -2.31. The van der Waals surface area contributed by atoms with Crippen molar-refractivity contribution in [2.24, 2.45) is 0 Å². The first-order chi connectivity index (χ1) is 11.4. The van der Waals surface area contributed by atoms with Crippen LogP contribution in [0, 0.1) is 0 Å². The van der Waals surface area contributed by atoms with Crippen molar-refractivity contribution < 1.29 is 14.3 Å². The fourth-order valence-electron chi connectivity index (χ4n) is 2.97. The molecule has 0 aromatic heterocycles. The SMILES string of the molecule is COCCN1CC2=C(C1=O)C(c1ccc(Cl)cc1Cl)NC(=O)N2C. The summed E-state index contributed by atoms with van der Waals surface area (Å²) in [4.78, 5) is 28.2. The standard InChI is InChI=1S/C16H17Cl2N3O3/c1-20-12-8-21(5-6-24-2)15(22)13(12)14(19-16(20)23)10-4-3-9(17)7-11(10)18/h3-4,7,14H,5-6,8H2,1-2H3,(H,19,23). The van der Waals surface area contributed by atoms with Gasteiger partial charge in [-0.2, -0.15) is 0 Å². The largest absolute Gasteiger partial charge is 0.383 e. The second-order valence-corrected chi connectivity index (χ2v) is 6.53. The highest BCUT2D eigenvalue weighted by atomic mass is 35.5. The Morgan fingerprint density at radius 2 is 2.08 bits per heavy atom. The normalized spacial score (nSPS) is 20.6. The first-order valence-corrected chi connectivity index (χ1v) is 8.20. The van der Waals surface area contributed by atoms with Crippen molar-refractivity contribution in [1.29, 1.82) is 0 Å². The zero-order valence-corrected chi connectivity index (χ0v) is 14.8. The number of ether oxygens (including phenoxy) is 1. The second-order valence-electron chi connectivity index (χ2n) is 5.69. The summed E-state index contributed by atoms with van der Waals surface area (Å²) in [6.45, 7) is 1.28. The number of nitrogens with zero attached hydrogens (tertiary/aromatic N) is 2. The van der Waals surface area contributed by atoms with E-state index in [1.807, 2.05) is 0 Å². The summed E-state index contributed by atoms with van der Waals surface area (Å²) in [6.07, 6.45) is 0. The van der Waals surface area contributed by atoms with E-state index in [1.165, 1.54) is 4.90 Å². The van der Waals surface area contributed by atoms with Gasteiger partial charge >= 0.3 is 6.03 Å². The minimum Gasteiger partial charge on any atom is -0.383 e. The van der Waals surface area contributed by atoms with E-state index in [4.69, 9.17) is 27.9 Å². The van der Waals surface area contributed by atoms with E-state index >= 15 is 0 Å². The van der Waals surface area contributed by atoms with Crippen LogP contribution in [0.25, 0.3) is 0 Å². The molecule has 24 heavy (non-hydrogen) atoms. The monoisotopic (exact) mass is 369 g/mol. The number of nitrogens with one attached hydrogen (secondary N) is 1. The number of amides is 3. The molecule has 2 aliphatic rings. The van der Waals surface area contributed by atoms with Gasteiger partial charge in [-0.1, -0.05) is 29.3 Å². The zero-order valence-electron chi connectivity index (χ0n) is 13.3. The van der Waals surface area contributed by atoms with Crippen LogP contribution in [0.15, 0.2) is 29.5 Å². The van der Waals surface area contributed by atoms with E-state index in [0.717, 1.165) is 0 Å². The lowest BCUT2D eigenvalue weighted by Crippen LogP contribution is -2.45. The molecule has 1 atom stereocenters. The number of methoxy groups -OCH3 is 1. The highest BCUT2D eigenvalue weighted by Gasteiger charge is 2.43. The van der Waals surface area contributed by atoms with E-state index in [-0.39, 0.29) is 11.9 Å². The lowest BCUT2D eigenvalue weighted by atomic mass is 9.95. The third-order valence-corrected chi connectivity index (χ3v) is 4.84. The van der Waals surface area contributed by atoms with Crippen LogP contribution in [0.2, 0.25) is 10.0 Å². The van der Waals surface area contributed by atoms with E-state index in [0.29, 0.717) is 46.6 Å². The molecule has 0 bridgehead atoms. The lowest BCUT2D eigenvalue weighted by molar-refractivity contribution is -0.126. The summed E-state index contributed by atoms with van der Waals surface area (Å²) < 4.78 is 5.05. The molecule has 2 aliphatic heterocycles. The van der Waals surface area contributed by atoms with E-state index in [9.17, 15) is 9.59 Å². The molecule has 6 nitrogen and oxygen atoms in total. The quantitative estimate of drug-likeness (QED) is 0.886. The molecule has 8 heteroatoms. The Morgan fingerprint density at radius 3 is 2.75 bits per heavy atom. The Morgan fingerprint density at radius 1 is 1.33 bits per heavy atom. The van der Waals surface area contributed by atoms with Crippen LogP contribution < -0.4 is 5.32 Å². The van der Waals surface area contributed by atoms with Crippen molar-refractivity contribution in [3.63, 3.8) is 0 Å². The summed E-state index contributed by atoms with van der Waals surface area (Å²) in [7, 11) is 3.23. The number of rotatable bonds is 4. The van der Waals surface area contributed by atoms with Crippen LogP contribution in [0.1, 0.15) is 11.6 Å². The first kappa shape index (κ1) is 17.1. The third-order valence-electron chi connectivity index (χ3n) is 4.27. The molecule has 1 unspecified atom stereocenters. The second kappa shape index (κ2) is 6.63. The zero-order chi connectivity index (χ0) is 17.4. The first-order valence-electron chi connectivity index (χ1n) is 7.44. The van der Waals surface area contributed by atoms with Crippen molar-refractivity contribution in [3.05, 3.63) is 45.1 Å². The van der Waals surface area contributed by atoms with E-state index in [2.05, 4.69) is 5.32 Å². The summed E-state index contributed by atoms with van der Waals surface area (Å²) in [6, 6.07) is 4.16. The Hall–Kier alpha value is -1.76. The molecule has 128 valence electrons. The molecule has 0 radical (unpaired) electrons.